The zero-order chi connectivity index (χ0) is 24.0. The van der Waals surface area contributed by atoms with Crippen LogP contribution in [0.3, 0.4) is 0 Å². The Morgan fingerprint density at radius 1 is 1.24 bits per heavy atom. The quantitative estimate of drug-likeness (QED) is 0.340. The molecule has 0 spiro atoms. The van der Waals surface area contributed by atoms with Gasteiger partial charge in [0.25, 0.3) is 5.91 Å². The van der Waals surface area contributed by atoms with Gasteiger partial charge in [0.05, 0.1) is 12.6 Å². The standard InChI is InChI=1S/C20H22ClN7O6/c1-4-22-17(30)12-11-13(34-20(2,3)33-11)18(32-12)28-8-23-10-14(24-19(21)25-15(10)28)26-27-16(29)9-6-5-7-31-9/h5-8,11-13,18H,4H2,1-3H3,(H,22,30)(H,27,29)(H,24,25,26)/t11?,12?,13-,18?/m1/s1. The molecule has 0 bridgehead atoms. The van der Waals surface area contributed by atoms with Crippen LogP contribution in [-0.4, -0.2) is 62.0 Å². The Labute approximate surface area is 198 Å². The second-order valence-corrected chi connectivity index (χ2v) is 8.47. The van der Waals surface area contributed by atoms with Crippen molar-refractivity contribution in [1.29, 1.82) is 0 Å². The lowest BCUT2D eigenvalue weighted by Crippen LogP contribution is -2.42. The summed E-state index contributed by atoms with van der Waals surface area (Å²) in [6.07, 6.45) is -0.0472. The van der Waals surface area contributed by atoms with Crippen molar-refractivity contribution >= 4 is 40.4 Å². The molecule has 5 heterocycles. The van der Waals surface area contributed by atoms with Gasteiger partial charge in [-0.05, 0) is 44.5 Å². The predicted octanol–water partition coefficient (Wildman–Crippen LogP) is 1.38. The summed E-state index contributed by atoms with van der Waals surface area (Å²) < 4.78 is 24.8. The number of hydrogen-bond donors (Lipinski definition) is 3. The third kappa shape index (κ3) is 3.96. The van der Waals surface area contributed by atoms with E-state index in [9.17, 15) is 9.59 Å². The van der Waals surface area contributed by atoms with E-state index in [1.165, 1.54) is 18.7 Å². The molecule has 2 amide bonds. The summed E-state index contributed by atoms with van der Waals surface area (Å²) in [7, 11) is 0. The Hall–Kier alpha value is -3.26. The van der Waals surface area contributed by atoms with Gasteiger partial charge in [0.1, 0.15) is 12.2 Å². The molecule has 0 aliphatic carbocycles. The summed E-state index contributed by atoms with van der Waals surface area (Å²) in [6.45, 7) is 5.80. The monoisotopic (exact) mass is 491 g/mol. The minimum atomic E-state index is -0.909. The minimum Gasteiger partial charge on any atom is -0.459 e. The smallest absolute Gasteiger partial charge is 0.305 e. The largest absolute Gasteiger partial charge is 0.459 e. The van der Waals surface area contributed by atoms with Crippen molar-refractivity contribution in [2.75, 3.05) is 12.0 Å². The summed E-state index contributed by atoms with van der Waals surface area (Å²) >= 11 is 6.16. The lowest BCUT2D eigenvalue weighted by molar-refractivity contribution is -0.197. The fourth-order valence-corrected chi connectivity index (χ4v) is 4.20. The molecule has 0 radical (unpaired) electrons. The number of hydrazine groups is 1. The van der Waals surface area contributed by atoms with Crippen molar-refractivity contribution in [3.05, 3.63) is 35.8 Å². The number of carbonyl (C=O) groups excluding carboxylic acids is 2. The van der Waals surface area contributed by atoms with Gasteiger partial charge in [-0.2, -0.15) is 9.97 Å². The predicted molar refractivity (Wildman–Crippen MR) is 117 cm³/mol. The van der Waals surface area contributed by atoms with Gasteiger partial charge in [-0.1, -0.05) is 0 Å². The zero-order valence-corrected chi connectivity index (χ0v) is 19.2. The van der Waals surface area contributed by atoms with Gasteiger partial charge >= 0.3 is 5.91 Å². The van der Waals surface area contributed by atoms with Crippen LogP contribution in [0.4, 0.5) is 5.82 Å². The van der Waals surface area contributed by atoms with Crippen LogP contribution in [0.2, 0.25) is 5.28 Å². The Balaban J connectivity index is 1.46. The molecule has 2 aliphatic heterocycles. The van der Waals surface area contributed by atoms with Crippen LogP contribution < -0.4 is 16.2 Å². The number of amides is 2. The summed E-state index contributed by atoms with van der Waals surface area (Å²) in [4.78, 5) is 37.6. The molecule has 0 aromatic carbocycles. The second-order valence-electron chi connectivity index (χ2n) is 8.13. The molecular weight excluding hydrogens is 470 g/mol. The Kier molecular flexibility index (Phi) is 5.64. The second kappa shape index (κ2) is 8.51. The molecule has 180 valence electrons. The van der Waals surface area contributed by atoms with E-state index in [1.54, 1.807) is 24.5 Å². The first-order valence-corrected chi connectivity index (χ1v) is 10.9. The van der Waals surface area contributed by atoms with Gasteiger partial charge in [0, 0.05) is 6.54 Å². The van der Waals surface area contributed by atoms with Gasteiger partial charge < -0.3 is 23.9 Å². The van der Waals surface area contributed by atoms with E-state index in [0.29, 0.717) is 17.7 Å². The van der Waals surface area contributed by atoms with Gasteiger partial charge in [-0.25, -0.2) is 4.98 Å². The molecule has 34 heavy (non-hydrogen) atoms. The number of nitrogens with one attached hydrogen (secondary N) is 3. The number of carbonyl (C=O) groups is 2. The van der Waals surface area contributed by atoms with Crippen LogP contribution in [0.25, 0.3) is 11.2 Å². The number of fused-ring (bicyclic) bond motifs is 2. The first-order valence-electron chi connectivity index (χ1n) is 10.6. The third-order valence-electron chi connectivity index (χ3n) is 5.35. The molecule has 14 heteroatoms. The highest BCUT2D eigenvalue weighted by Gasteiger charge is 2.58. The number of imidazole rings is 1. The molecule has 5 rings (SSSR count). The van der Waals surface area contributed by atoms with Gasteiger partial charge in [-0.3, -0.25) is 25.0 Å². The number of hydrogen-bond acceptors (Lipinski definition) is 10. The third-order valence-corrected chi connectivity index (χ3v) is 5.52. The Morgan fingerprint density at radius 3 is 2.76 bits per heavy atom. The molecule has 3 aromatic rings. The SMILES string of the molecule is CCNC(=O)C1OC(n2cnc3c(NNC(=O)c4ccco4)nc(Cl)nc32)[C@@H]2OC(C)(C)OC12. The lowest BCUT2D eigenvalue weighted by Gasteiger charge is -2.24. The highest BCUT2D eigenvalue weighted by molar-refractivity contribution is 6.28. The van der Waals surface area contributed by atoms with Gasteiger partial charge in [0.15, 0.2) is 40.9 Å². The topological polar surface area (TPSA) is 155 Å². The molecule has 4 atom stereocenters. The van der Waals surface area contributed by atoms with E-state index in [1.807, 2.05) is 6.92 Å². The van der Waals surface area contributed by atoms with Gasteiger partial charge in [0.2, 0.25) is 5.28 Å². The Bertz CT molecular complexity index is 1230. The maximum absolute atomic E-state index is 12.6. The highest BCUT2D eigenvalue weighted by Crippen LogP contribution is 2.44. The van der Waals surface area contributed by atoms with Crippen molar-refractivity contribution in [1.82, 2.24) is 30.3 Å². The van der Waals surface area contributed by atoms with Crippen molar-refractivity contribution in [2.24, 2.45) is 0 Å². The first kappa shape index (κ1) is 22.5. The van der Waals surface area contributed by atoms with Crippen LogP contribution in [-0.2, 0) is 19.0 Å². The Morgan fingerprint density at radius 2 is 2.03 bits per heavy atom. The minimum absolute atomic E-state index is 0.0947. The van der Waals surface area contributed by atoms with Crippen molar-refractivity contribution in [3.63, 3.8) is 0 Å². The fraction of sp³-hybridized carbons (Fsp3) is 0.450. The fourth-order valence-electron chi connectivity index (χ4n) is 4.04. The lowest BCUT2D eigenvalue weighted by atomic mass is 10.1. The number of halogens is 1. The molecule has 2 aliphatic rings. The number of furan rings is 1. The van der Waals surface area contributed by atoms with E-state index < -0.39 is 36.2 Å². The van der Waals surface area contributed by atoms with E-state index in [-0.39, 0.29) is 22.8 Å². The number of ether oxygens (including phenoxy) is 3. The average molecular weight is 492 g/mol. The summed E-state index contributed by atoms with van der Waals surface area (Å²) in [5, 5.41) is 2.66. The van der Waals surface area contributed by atoms with Crippen LogP contribution in [0.5, 0.6) is 0 Å². The van der Waals surface area contributed by atoms with E-state index in [2.05, 4.69) is 31.1 Å². The molecule has 3 unspecified atom stereocenters. The molecule has 13 nitrogen and oxygen atoms in total. The number of aromatic nitrogens is 4. The number of rotatable bonds is 6. The van der Waals surface area contributed by atoms with Gasteiger partial charge in [-0.15, -0.1) is 0 Å². The molecule has 0 saturated carbocycles. The van der Waals surface area contributed by atoms with Crippen molar-refractivity contribution < 1.29 is 28.2 Å². The normalized spacial score (nSPS) is 25.3. The zero-order valence-electron chi connectivity index (χ0n) is 18.4. The summed E-state index contributed by atoms with van der Waals surface area (Å²) in [5.41, 5.74) is 5.78. The molecule has 2 saturated heterocycles. The molecule has 3 N–H and O–H groups in total. The molecular formula is C20H22ClN7O6. The van der Waals surface area contributed by atoms with E-state index in [0.717, 1.165) is 0 Å². The van der Waals surface area contributed by atoms with Crippen molar-refractivity contribution in [2.45, 2.75) is 51.1 Å². The van der Waals surface area contributed by atoms with Crippen LogP contribution in [0.15, 0.2) is 29.1 Å². The number of likely N-dealkylation sites (N-methyl/N-ethyl adjacent to an activating group) is 1. The number of anilines is 1. The average Bonchev–Trinajstić information content (AvgIpc) is 3.55. The maximum atomic E-state index is 12.6. The van der Waals surface area contributed by atoms with E-state index in [4.69, 9.17) is 30.2 Å². The first-order chi connectivity index (χ1) is 16.3. The maximum Gasteiger partial charge on any atom is 0.305 e. The summed E-state index contributed by atoms with van der Waals surface area (Å²) in [6, 6.07) is 3.10. The molecule has 3 aromatic heterocycles. The number of nitrogens with zero attached hydrogens (tertiary/aromatic N) is 4. The van der Waals surface area contributed by atoms with Crippen LogP contribution >= 0.6 is 11.6 Å². The van der Waals surface area contributed by atoms with E-state index >= 15 is 0 Å². The highest BCUT2D eigenvalue weighted by atomic mass is 35.5. The molecule has 2 fully saturated rings. The van der Waals surface area contributed by atoms with Crippen molar-refractivity contribution in [3.8, 4) is 0 Å². The summed E-state index contributed by atoms with van der Waals surface area (Å²) in [5.74, 6) is -1.46. The van der Waals surface area contributed by atoms with Crippen LogP contribution in [0.1, 0.15) is 37.6 Å². The van der Waals surface area contributed by atoms with Crippen LogP contribution in [0, 0.1) is 0 Å².